The Kier molecular flexibility index (Phi) is 3.72. The number of carbonyl (C=O) groups is 1. The highest BCUT2D eigenvalue weighted by molar-refractivity contribution is 9.10. The maximum absolute atomic E-state index is 12.0. The number of hydrogen-bond acceptors (Lipinski definition) is 3. The second-order valence-corrected chi connectivity index (χ2v) is 4.66. The Labute approximate surface area is 112 Å². The minimum absolute atomic E-state index is 0.00523. The van der Waals surface area contributed by atoms with E-state index in [4.69, 9.17) is 0 Å². The summed E-state index contributed by atoms with van der Waals surface area (Å²) in [6, 6.07) is 8.87. The van der Waals surface area contributed by atoms with E-state index in [0.717, 1.165) is 0 Å². The minimum atomic E-state index is -0.244. The van der Waals surface area contributed by atoms with Crippen molar-refractivity contribution >= 4 is 21.7 Å². The molecule has 1 aromatic carbocycles. The van der Waals surface area contributed by atoms with Crippen molar-refractivity contribution in [3.8, 4) is 0 Å². The van der Waals surface area contributed by atoms with Gasteiger partial charge in [-0.25, -0.2) is 4.98 Å². The molecule has 0 aliphatic carbocycles. The highest BCUT2D eigenvalue weighted by Gasteiger charge is 2.10. The molecule has 0 amide bonds. The standard InChI is InChI=1S/C13H11BrN2O2/c1-9-12(14)13(18)16(8-15-9)7-11(17)10-5-3-2-4-6-10/h2-6,8H,7H2,1H3. The van der Waals surface area contributed by atoms with Gasteiger partial charge in [0.05, 0.1) is 18.6 Å². The molecule has 0 unspecified atom stereocenters. The molecule has 0 aliphatic rings. The molecule has 0 N–H and O–H groups in total. The van der Waals surface area contributed by atoms with E-state index < -0.39 is 0 Å². The van der Waals surface area contributed by atoms with E-state index in [1.165, 1.54) is 10.9 Å². The van der Waals surface area contributed by atoms with Crippen LogP contribution in [0.5, 0.6) is 0 Å². The van der Waals surface area contributed by atoms with Gasteiger partial charge in [0.15, 0.2) is 5.78 Å². The summed E-state index contributed by atoms with van der Waals surface area (Å²) < 4.78 is 1.69. The molecule has 0 saturated carbocycles. The van der Waals surface area contributed by atoms with Gasteiger partial charge in [0, 0.05) is 5.56 Å². The van der Waals surface area contributed by atoms with Crippen molar-refractivity contribution in [1.29, 1.82) is 0 Å². The molecule has 1 aromatic heterocycles. The lowest BCUT2D eigenvalue weighted by molar-refractivity contribution is 0.0970. The highest BCUT2D eigenvalue weighted by Crippen LogP contribution is 2.07. The number of aromatic nitrogens is 2. The van der Waals surface area contributed by atoms with Crippen LogP contribution < -0.4 is 5.56 Å². The van der Waals surface area contributed by atoms with Gasteiger partial charge in [0.1, 0.15) is 4.47 Å². The van der Waals surface area contributed by atoms with Crippen LogP contribution >= 0.6 is 15.9 Å². The van der Waals surface area contributed by atoms with Crippen LogP contribution in [0.2, 0.25) is 0 Å². The first-order valence-corrected chi connectivity index (χ1v) is 6.18. The zero-order valence-electron chi connectivity index (χ0n) is 9.76. The predicted molar refractivity (Wildman–Crippen MR) is 71.7 cm³/mol. The van der Waals surface area contributed by atoms with Gasteiger partial charge in [-0.1, -0.05) is 30.3 Å². The average molecular weight is 307 g/mol. The van der Waals surface area contributed by atoms with Gasteiger partial charge in [0.25, 0.3) is 5.56 Å². The topological polar surface area (TPSA) is 52.0 Å². The first-order valence-electron chi connectivity index (χ1n) is 5.39. The van der Waals surface area contributed by atoms with E-state index in [1.807, 2.05) is 6.07 Å². The normalized spacial score (nSPS) is 10.3. The summed E-state index contributed by atoms with van der Waals surface area (Å²) in [6.45, 7) is 1.73. The number of aryl methyl sites for hydroxylation is 1. The lowest BCUT2D eigenvalue weighted by Gasteiger charge is -2.06. The fraction of sp³-hybridized carbons (Fsp3) is 0.154. The van der Waals surface area contributed by atoms with E-state index >= 15 is 0 Å². The SMILES string of the molecule is Cc1ncn(CC(=O)c2ccccc2)c(=O)c1Br. The van der Waals surface area contributed by atoms with E-state index in [1.54, 1.807) is 31.2 Å². The number of carbonyl (C=O) groups excluding carboxylic acids is 1. The Balaban J connectivity index is 2.29. The van der Waals surface area contributed by atoms with Crippen LogP contribution in [-0.2, 0) is 6.54 Å². The summed E-state index contributed by atoms with van der Waals surface area (Å²) >= 11 is 3.17. The molecule has 2 rings (SSSR count). The molecule has 92 valence electrons. The Morgan fingerprint density at radius 1 is 1.33 bits per heavy atom. The third-order valence-electron chi connectivity index (χ3n) is 2.57. The predicted octanol–water partition coefficient (Wildman–Crippen LogP) is 2.20. The molecule has 1 heterocycles. The minimum Gasteiger partial charge on any atom is -0.292 e. The number of halogens is 1. The van der Waals surface area contributed by atoms with Crippen molar-refractivity contribution in [2.45, 2.75) is 13.5 Å². The molecule has 0 saturated heterocycles. The molecular weight excluding hydrogens is 296 g/mol. The second-order valence-electron chi connectivity index (χ2n) is 3.87. The second kappa shape index (κ2) is 5.27. The molecule has 0 aliphatic heterocycles. The molecule has 0 radical (unpaired) electrons. The highest BCUT2D eigenvalue weighted by atomic mass is 79.9. The van der Waals surface area contributed by atoms with E-state index in [0.29, 0.717) is 15.7 Å². The maximum Gasteiger partial charge on any atom is 0.268 e. The number of hydrogen-bond donors (Lipinski definition) is 0. The van der Waals surface area contributed by atoms with Crippen LogP contribution in [0.15, 0.2) is 45.9 Å². The molecular formula is C13H11BrN2O2. The summed E-state index contributed by atoms with van der Waals surface area (Å²) in [5.41, 5.74) is 0.955. The lowest BCUT2D eigenvalue weighted by atomic mass is 10.1. The first-order chi connectivity index (χ1) is 8.59. The Morgan fingerprint density at radius 2 is 2.00 bits per heavy atom. The lowest BCUT2D eigenvalue weighted by Crippen LogP contribution is -2.25. The third kappa shape index (κ3) is 2.56. The monoisotopic (exact) mass is 306 g/mol. The van der Waals surface area contributed by atoms with Gasteiger partial charge < -0.3 is 0 Å². The zero-order valence-corrected chi connectivity index (χ0v) is 11.3. The average Bonchev–Trinajstić information content (AvgIpc) is 2.40. The Morgan fingerprint density at radius 3 is 2.67 bits per heavy atom. The molecule has 0 spiro atoms. The van der Waals surface area contributed by atoms with Crippen LogP contribution in [0.4, 0.5) is 0 Å². The van der Waals surface area contributed by atoms with Crippen molar-refractivity contribution in [2.24, 2.45) is 0 Å². The maximum atomic E-state index is 12.0. The summed E-state index contributed by atoms with van der Waals surface area (Å²) in [5.74, 6) is -0.116. The van der Waals surface area contributed by atoms with Gasteiger partial charge in [-0.15, -0.1) is 0 Å². The summed E-state index contributed by atoms with van der Waals surface area (Å²) in [6.07, 6.45) is 1.39. The number of ketones is 1. The fourth-order valence-electron chi connectivity index (χ4n) is 1.53. The largest absolute Gasteiger partial charge is 0.292 e. The quantitative estimate of drug-likeness (QED) is 0.817. The molecule has 5 heteroatoms. The number of rotatable bonds is 3. The van der Waals surface area contributed by atoms with Crippen molar-refractivity contribution < 1.29 is 4.79 Å². The van der Waals surface area contributed by atoms with Gasteiger partial charge >= 0.3 is 0 Å². The summed E-state index contributed by atoms with van der Waals surface area (Å²) in [5, 5.41) is 0. The molecule has 0 bridgehead atoms. The molecule has 4 nitrogen and oxygen atoms in total. The van der Waals surface area contributed by atoms with E-state index in [2.05, 4.69) is 20.9 Å². The summed E-state index contributed by atoms with van der Waals surface area (Å²) in [4.78, 5) is 27.9. The van der Waals surface area contributed by atoms with Gasteiger partial charge in [-0.3, -0.25) is 14.2 Å². The van der Waals surface area contributed by atoms with Crippen LogP contribution in [0, 0.1) is 6.92 Å². The fourth-order valence-corrected chi connectivity index (χ4v) is 1.86. The van der Waals surface area contributed by atoms with Crippen molar-refractivity contribution in [3.63, 3.8) is 0 Å². The van der Waals surface area contributed by atoms with Gasteiger partial charge in [0.2, 0.25) is 0 Å². The first kappa shape index (κ1) is 12.7. The molecule has 0 atom stereocenters. The van der Waals surface area contributed by atoms with Crippen molar-refractivity contribution in [1.82, 2.24) is 9.55 Å². The van der Waals surface area contributed by atoms with Gasteiger partial charge in [-0.2, -0.15) is 0 Å². The van der Waals surface area contributed by atoms with Gasteiger partial charge in [-0.05, 0) is 22.9 Å². The van der Waals surface area contributed by atoms with Crippen LogP contribution in [-0.4, -0.2) is 15.3 Å². The smallest absolute Gasteiger partial charge is 0.268 e. The zero-order chi connectivity index (χ0) is 13.1. The van der Waals surface area contributed by atoms with Crippen molar-refractivity contribution in [2.75, 3.05) is 0 Å². The van der Waals surface area contributed by atoms with Crippen LogP contribution in [0.1, 0.15) is 16.1 Å². The molecule has 0 fully saturated rings. The Bertz CT molecular complexity index is 635. The summed E-state index contributed by atoms with van der Waals surface area (Å²) in [7, 11) is 0. The van der Waals surface area contributed by atoms with Crippen LogP contribution in [0.25, 0.3) is 0 Å². The van der Waals surface area contributed by atoms with E-state index in [9.17, 15) is 9.59 Å². The Hall–Kier alpha value is -1.75. The third-order valence-corrected chi connectivity index (χ3v) is 3.48. The van der Waals surface area contributed by atoms with Crippen LogP contribution in [0.3, 0.4) is 0 Å². The number of Topliss-reactive ketones (excluding diaryl/α,β-unsaturated/α-hetero) is 1. The van der Waals surface area contributed by atoms with Crippen molar-refractivity contribution in [3.05, 3.63) is 62.7 Å². The molecule has 2 aromatic rings. The molecule has 18 heavy (non-hydrogen) atoms. The van der Waals surface area contributed by atoms with E-state index in [-0.39, 0.29) is 17.9 Å². The number of nitrogens with zero attached hydrogens (tertiary/aromatic N) is 2. The number of benzene rings is 1.